The topological polar surface area (TPSA) is 26.0 Å². The van der Waals surface area contributed by atoms with Crippen molar-refractivity contribution in [1.29, 1.82) is 0 Å². The second-order valence-corrected chi connectivity index (χ2v) is 9.39. The smallest absolute Gasteiger partial charge is 0.0701 e. The summed E-state index contributed by atoms with van der Waals surface area (Å²) in [6, 6.07) is 4.58. The maximum absolute atomic E-state index is 6.20. The molecule has 1 nitrogen and oxygen atoms in total. The largest absolute Gasteiger partial charge is 0.327 e. The number of hydrogen-bond acceptors (Lipinski definition) is 3. The average Bonchev–Trinajstić information content (AvgIpc) is 2.72. The van der Waals surface area contributed by atoms with E-state index in [-0.39, 0.29) is 6.04 Å². The van der Waals surface area contributed by atoms with E-state index in [0.29, 0.717) is 5.25 Å². The summed E-state index contributed by atoms with van der Waals surface area (Å²) in [6.45, 7) is 4.52. The molecule has 2 N–H and O–H groups in total. The minimum absolute atomic E-state index is 0.220. The summed E-state index contributed by atoms with van der Waals surface area (Å²) in [7, 11) is 0. The standard InChI is InChI=1S/C14H22BrNS2/c1-9-4-3-5-11(8-9)17-14(10(2)16)12-6-7-13(15)18-12/h6-7,9-11,14H,3-5,8,16H2,1-2H3. The van der Waals surface area contributed by atoms with Gasteiger partial charge in [0.25, 0.3) is 0 Å². The van der Waals surface area contributed by atoms with Gasteiger partial charge in [-0.2, -0.15) is 0 Å². The van der Waals surface area contributed by atoms with Gasteiger partial charge in [0.2, 0.25) is 0 Å². The molecule has 0 aromatic carbocycles. The second-order valence-electron chi connectivity index (χ2n) is 5.45. The molecule has 0 radical (unpaired) electrons. The molecular formula is C14H22BrNS2. The number of rotatable bonds is 4. The average molecular weight is 348 g/mol. The number of hydrogen-bond donors (Lipinski definition) is 1. The van der Waals surface area contributed by atoms with Crippen LogP contribution in [-0.4, -0.2) is 11.3 Å². The maximum Gasteiger partial charge on any atom is 0.0701 e. The highest BCUT2D eigenvalue weighted by Crippen LogP contribution is 2.43. The lowest BCUT2D eigenvalue weighted by Crippen LogP contribution is -2.25. The van der Waals surface area contributed by atoms with Crippen molar-refractivity contribution in [2.45, 2.75) is 56.1 Å². The highest BCUT2D eigenvalue weighted by Gasteiger charge is 2.26. The first-order chi connectivity index (χ1) is 8.56. The molecule has 1 aromatic rings. The van der Waals surface area contributed by atoms with E-state index in [0.717, 1.165) is 11.2 Å². The predicted molar refractivity (Wildman–Crippen MR) is 87.4 cm³/mol. The van der Waals surface area contributed by atoms with E-state index >= 15 is 0 Å². The molecule has 1 aliphatic carbocycles. The Morgan fingerprint density at radius 1 is 1.44 bits per heavy atom. The predicted octanol–water partition coefficient (Wildman–Crippen LogP) is 5.21. The molecule has 4 unspecified atom stereocenters. The van der Waals surface area contributed by atoms with Gasteiger partial charge < -0.3 is 5.73 Å². The van der Waals surface area contributed by atoms with Crippen LogP contribution in [-0.2, 0) is 0 Å². The normalized spacial score (nSPS) is 28.0. The molecule has 0 saturated heterocycles. The van der Waals surface area contributed by atoms with E-state index in [4.69, 9.17) is 5.73 Å². The minimum atomic E-state index is 0.220. The van der Waals surface area contributed by atoms with Gasteiger partial charge in [0, 0.05) is 16.2 Å². The molecule has 1 aromatic heterocycles. The molecule has 1 saturated carbocycles. The summed E-state index contributed by atoms with van der Waals surface area (Å²) in [5.74, 6) is 0.889. The zero-order chi connectivity index (χ0) is 13.1. The summed E-state index contributed by atoms with van der Waals surface area (Å²) < 4.78 is 1.21. The van der Waals surface area contributed by atoms with Gasteiger partial charge in [0.05, 0.1) is 9.04 Å². The molecular weight excluding hydrogens is 326 g/mol. The Hall–Kier alpha value is 0.490. The molecule has 4 heteroatoms. The van der Waals surface area contributed by atoms with Gasteiger partial charge in [-0.3, -0.25) is 0 Å². The molecule has 1 aliphatic rings. The summed E-state index contributed by atoms with van der Waals surface area (Å²) in [4.78, 5) is 1.42. The molecule has 1 heterocycles. The lowest BCUT2D eigenvalue weighted by Gasteiger charge is -2.30. The van der Waals surface area contributed by atoms with Crippen LogP contribution >= 0.6 is 39.0 Å². The fourth-order valence-electron chi connectivity index (χ4n) is 2.64. The third-order valence-electron chi connectivity index (χ3n) is 3.58. The first kappa shape index (κ1) is 14.9. The summed E-state index contributed by atoms with van der Waals surface area (Å²) in [6.07, 6.45) is 5.52. The van der Waals surface area contributed by atoms with E-state index in [1.54, 1.807) is 0 Å². The highest BCUT2D eigenvalue weighted by atomic mass is 79.9. The SMILES string of the molecule is CC1CCCC(SC(c2ccc(Br)s2)C(C)N)C1. The second kappa shape index (κ2) is 6.78. The molecule has 2 rings (SSSR count). The fourth-order valence-corrected chi connectivity index (χ4v) is 6.09. The van der Waals surface area contributed by atoms with Crippen molar-refractivity contribution in [3.8, 4) is 0 Å². The zero-order valence-corrected chi connectivity index (χ0v) is 14.3. The van der Waals surface area contributed by atoms with Gasteiger partial charge in [-0.1, -0.05) is 19.8 Å². The maximum atomic E-state index is 6.20. The van der Waals surface area contributed by atoms with Gasteiger partial charge in [0.1, 0.15) is 0 Å². The van der Waals surface area contributed by atoms with Crippen molar-refractivity contribution in [1.82, 2.24) is 0 Å². The van der Waals surface area contributed by atoms with Crippen LogP contribution in [0.4, 0.5) is 0 Å². The van der Waals surface area contributed by atoms with E-state index in [2.05, 4.69) is 53.7 Å². The summed E-state index contributed by atoms with van der Waals surface area (Å²) in [5.41, 5.74) is 6.20. The third kappa shape index (κ3) is 3.99. The molecule has 18 heavy (non-hydrogen) atoms. The van der Waals surface area contributed by atoms with Crippen LogP contribution < -0.4 is 5.73 Å². The molecule has 4 atom stereocenters. The molecule has 0 amide bonds. The highest BCUT2D eigenvalue weighted by molar-refractivity contribution is 9.11. The van der Waals surface area contributed by atoms with Crippen LogP contribution in [0.15, 0.2) is 15.9 Å². The Morgan fingerprint density at radius 2 is 2.22 bits per heavy atom. The van der Waals surface area contributed by atoms with E-state index in [1.165, 1.54) is 34.3 Å². The quantitative estimate of drug-likeness (QED) is 0.808. The van der Waals surface area contributed by atoms with E-state index in [9.17, 15) is 0 Å². The number of nitrogens with two attached hydrogens (primary N) is 1. The van der Waals surface area contributed by atoms with Gasteiger partial charge in [-0.05, 0) is 53.7 Å². The van der Waals surface area contributed by atoms with E-state index in [1.807, 2.05) is 11.3 Å². The molecule has 0 bridgehead atoms. The lowest BCUT2D eigenvalue weighted by molar-refractivity contribution is 0.393. The van der Waals surface area contributed by atoms with Gasteiger partial charge >= 0.3 is 0 Å². The molecule has 0 aliphatic heterocycles. The minimum Gasteiger partial charge on any atom is -0.327 e. The van der Waals surface area contributed by atoms with Crippen LogP contribution in [0.2, 0.25) is 0 Å². The van der Waals surface area contributed by atoms with Gasteiger partial charge in [-0.25, -0.2) is 0 Å². The van der Waals surface area contributed by atoms with E-state index < -0.39 is 0 Å². The van der Waals surface area contributed by atoms with Crippen molar-refractivity contribution >= 4 is 39.0 Å². The Labute approximate surface area is 127 Å². The van der Waals surface area contributed by atoms with Gasteiger partial charge in [0.15, 0.2) is 0 Å². The molecule has 1 fully saturated rings. The van der Waals surface area contributed by atoms with Gasteiger partial charge in [-0.15, -0.1) is 23.1 Å². The molecule has 0 spiro atoms. The number of halogens is 1. The lowest BCUT2D eigenvalue weighted by atomic mass is 9.91. The fraction of sp³-hybridized carbons (Fsp3) is 0.714. The number of thioether (sulfide) groups is 1. The number of thiophene rings is 1. The van der Waals surface area contributed by atoms with Crippen molar-refractivity contribution in [2.75, 3.05) is 0 Å². The first-order valence-corrected chi connectivity index (χ1v) is 9.27. The van der Waals surface area contributed by atoms with Crippen LogP contribution in [0.25, 0.3) is 0 Å². The Morgan fingerprint density at radius 3 is 2.78 bits per heavy atom. The van der Waals surface area contributed by atoms with Crippen molar-refractivity contribution in [2.24, 2.45) is 11.7 Å². The monoisotopic (exact) mass is 347 g/mol. The van der Waals surface area contributed by atoms with Crippen LogP contribution in [0.5, 0.6) is 0 Å². The van der Waals surface area contributed by atoms with Crippen LogP contribution in [0.3, 0.4) is 0 Å². The first-order valence-electron chi connectivity index (χ1n) is 6.72. The molecule has 102 valence electrons. The Bertz CT molecular complexity index is 378. The van der Waals surface area contributed by atoms with Crippen molar-refractivity contribution in [3.05, 3.63) is 20.8 Å². The Balaban J connectivity index is 2.02. The summed E-state index contributed by atoms with van der Waals surface area (Å²) >= 11 is 7.49. The Kier molecular flexibility index (Phi) is 5.61. The van der Waals surface area contributed by atoms with Crippen molar-refractivity contribution < 1.29 is 0 Å². The van der Waals surface area contributed by atoms with Crippen LogP contribution in [0.1, 0.15) is 49.7 Å². The van der Waals surface area contributed by atoms with Crippen LogP contribution in [0, 0.1) is 5.92 Å². The third-order valence-corrected chi connectivity index (χ3v) is 7.22. The van der Waals surface area contributed by atoms with Crippen molar-refractivity contribution in [3.63, 3.8) is 0 Å². The summed E-state index contributed by atoms with van der Waals surface area (Å²) in [5, 5.41) is 1.25. The zero-order valence-electron chi connectivity index (χ0n) is 11.1.